The minimum atomic E-state index is -0.922. The fourth-order valence-electron chi connectivity index (χ4n) is 3.41. The van der Waals surface area contributed by atoms with Gasteiger partial charge >= 0.3 is 6.03 Å². The molecule has 0 radical (unpaired) electrons. The van der Waals surface area contributed by atoms with Crippen LogP contribution in [-0.4, -0.2) is 38.8 Å². The summed E-state index contributed by atoms with van der Waals surface area (Å²) in [6.45, 7) is 4.40. The van der Waals surface area contributed by atoms with Gasteiger partial charge in [0.25, 0.3) is 5.91 Å². The van der Waals surface area contributed by atoms with Crippen LogP contribution in [0.3, 0.4) is 0 Å². The van der Waals surface area contributed by atoms with Crippen molar-refractivity contribution in [3.8, 4) is 0 Å². The predicted molar refractivity (Wildman–Crippen MR) is 110 cm³/mol. The zero-order chi connectivity index (χ0) is 22.0. The number of aromatic nitrogens is 3. The van der Waals surface area contributed by atoms with Gasteiger partial charge in [-0.2, -0.15) is 5.10 Å². The Kier molecular flexibility index (Phi) is 5.52. The number of carbonyl (C=O) groups is 3. The Morgan fingerprint density at radius 3 is 2.71 bits per heavy atom. The first kappa shape index (κ1) is 20.3. The Labute approximate surface area is 178 Å². The van der Waals surface area contributed by atoms with Crippen LogP contribution in [0.2, 0.25) is 0 Å². The van der Waals surface area contributed by atoms with E-state index in [2.05, 4.69) is 20.9 Å². The zero-order valence-electron chi connectivity index (χ0n) is 17.2. The van der Waals surface area contributed by atoms with E-state index in [1.807, 2.05) is 44.2 Å². The molecule has 1 aliphatic rings. The molecular weight excluding hydrogens is 400 g/mol. The van der Waals surface area contributed by atoms with Gasteiger partial charge in [0.2, 0.25) is 5.91 Å². The smallest absolute Gasteiger partial charge is 0.329 e. The summed E-state index contributed by atoms with van der Waals surface area (Å²) >= 11 is 0. The maximum Gasteiger partial charge on any atom is 0.329 e. The van der Waals surface area contributed by atoms with Crippen LogP contribution in [0.5, 0.6) is 0 Å². The highest BCUT2D eigenvalue weighted by molar-refractivity contribution is 6.21. The number of benzene rings is 1. The summed E-state index contributed by atoms with van der Waals surface area (Å²) < 4.78 is 6.75. The first-order valence-corrected chi connectivity index (χ1v) is 9.81. The van der Waals surface area contributed by atoms with Crippen molar-refractivity contribution < 1.29 is 18.9 Å². The van der Waals surface area contributed by atoms with E-state index in [4.69, 9.17) is 4.52 Å². The van der Waals surface area contributed by atoms with Crippen molar-refractivity contribution >= 4 is 23.5 Å². The maximum atomic E-state index is 12.8. The lowest BCUT2D eigenvalue weighted by atomic mass is 10.2. The lowest BCUT2D eigenvalue weighted by Gasteiger charge is -2.11. The quantitative estimate of drug-likeness (QED) is 0.559. The van der Waals surface area contributed by atoms with Gasteiger partial charge in [-0.05, 0) is 19.4 Å². The molecule has 1 saturated heterocycles. The molecule has 0 spiro atoms. The molecule has 3 aromatic rings. The number of carbonyl (C=O) groups excluding carboxylic acids is 3. The average Bonchev–Trinajstić information content (AvgIpc) is 3.42. The monoisotopic (exact) mass is 422 g/mol. The fraction of sp³-hybridized carbons (Fsp3) is 0.286. The van der Waals surface area contributed by atoms with E-state index in [0.717, 1.165) is 21.7 Å². The molecule has 31 heavy (non-hydrogen) atoms. The molecular formula is C21H22N6O4. The minimum Gasteiger partial charge on any atom is -0.361 e. The number of hydrogen-bond donors (Lipinski definition) is 2. The van der Waals surface area contributed by atoms with Crippen LogP contribution in [0.4, 0.5) is 10.5 Å². The van der Waals surface area contributed by atoms with E-state index in [0.29, 0.717) is 24.5 Å². The van der Waals surface area contributed by atoms with Crippen LogP contribution in [0, 0.1) is 13.8 Å². The van der Waals surface area contributed by atoms with Crippen molar-refractivity contribution in [3.63, 3.8) is 0 Å². The lowest BCUT2D eigenvalue weighted by molar-refractivity contribution is -0.125. The third-order valence-electron chi connectivity index (χ3n) is 5.12. The largest absolute Gasteiger partial charge is 0.361 e. The molecule has 4 rings (SSSR count). The van der Waals surface area contributed by atoms with Gasteiger partial charge in [-0.3, -0.25) is 14.3 Å². The van der Waals surface area contributed by atoms with Crippen LogP contribution < -0.4 is 15.5 Å². The summed E-state index contributed by atoms with van der Waals surface area (Å²) in [6, 6.07) is 7.94. The number of nitrogens with one attached hydrogen (secondary N) is 2. The molecule has 10 heteroatoms. The Bertz CT molecular complexity index is 1100. The molecule has 1 unspecified atom stereocenters. The van der Waals surface area contributed by atoms with Gasteiger partial charge in [-0.1, -0.05) is 35.5 Å². The normalized spacial score (nSPS) is 15.9. The molecule has 1 aliphatic heterocycles. The predicted octanol–water partition coefficient (Wildman–Crippen LogP) is 1.67. The van der Waals surface area contributed by atoms with Gasteiger partial charge in [-0.25, -0.2) is 9.69 Å². The highest BCUT2D eigenvalue weighted by Gasteiger charge is 2.40. The zero-order valence-corrected chi connectivity index (χ0v) is 17.2. The molecule has 1 atom stereocenters. The van der Waals surface area contributed by atoms with E-state index in [9.17, 15) is 14.4 Å². The fourth-order valence-corrected chi connectivity index (χ4v) is 3.41. The Balaban J connectivity index is 1.38. The van der Waals surface area contributed by atoms with Crippen molar-refractivity contribution in [2.24, 2.45) is 0 Å². The van der Waals surface area contributed by atoms with Gasteiger partial charge in [0, 0.05) is 18.3 Å². The standard InChI is InChI=1S/C21H22N6O4/c1-13-17(14(2)31-25-13)12-26-11-16(10-23-26)27-20(29)18(24-21(27)30)8-19(28)22-9-15-6-4-3-5-7-15/h3-7,10-11,18H,8-9,12H2,1-2H3,(H,22,28)(H,24,30). The molecule has 1 fully saturated rings. The van der Waals surface area contributed by atoms with Gasteiger partial charge in [0.15, 0.2) is 0 Å². The molecule has 160 valence electrons. The van der Waals surface area contributed by atoms with Gasteiger partial charge in [0.05, 0.1) is 30.5 Å². The Morgan fingerprint density at radius 2 is 2.00 bits per heavy atom. The number of amides is 4. The van der Waals surface area contributed by atoms with Crippen molar-refractivity contribution in [1.29, 1.82) is 0 Å². The van der Waals surface area contributed by atoms with Crippen LogP contribution >= 0.6 is 0 Å². The van der Waals surface area contributed by atoms with E-state index < -0.39 is 18.0 Å². The number of anilines is 1. The number of urea groups is 1. The van der Waals surface area contributed by atoms with Crippen LogP contribution in [0.15, 0.2) is 47.2 Å². The maximum absolute atomic E-state index is 12.8. The second kappa shape index (κ2) is 8.42. The number of nitrogens with zero attached hydrogens (tertiary/aromatic N) is 4. The first-order chi connectivity index (χ1) is 14.9. The molecule has 0 saturated carbocycles. The molecule has 0 bridgehead atoms. The third-order valence-corrected chi connectivity index (χ3v) is 5.12. The number of imide groups is 1. The number of rotatable bonds is 7. The summed E-state index contributed by atoms with van der Waals surface area (Å²) in [6.07, 6.45) is 2.90. The van der Waals surface area contributed by atoms with Gasteiger partial charge < -0.3 is 15.2 Å². The molecule has 2 N–H and O–H groups in total. The van der Waals surface area contributed by atoms with Crippen LogP contribution in [-0.2, 0) is 22.7 Å². The van der Waals surface area contributed by atoms with Crippen molar-refractivity contribution in [2.75, 3.05) is 4.90 Å². The van der Waals surface area contributed by atoms with E-state index in [1.165, 1.54) is 6.20 Å². The topological polar surface area (TPSA) is 122 Å². The van der Waals surface area contributed by atoms with E-state index >= 15 is 0 Å². The molecule has 10 nitrogen and oxygen atoms in total. The van der Waals surface area contributed by atoms with Crippen molar-refractivity contribution in [1.82, 2.24) is 25.6 Å². The number of aryl methyl sites for hydroxylation is 2. The van der Waals surface area contributed by atoms with Gasteiger partial charge in [0.1, 0.15) is 11.8 Å². The summed E-state index contributed by atoms with van der Waals surface area (Å²) in [5.41, 5.74) is 2.93. The summed E-state index contributed by atoms with van der Waals surface area (Å²) in [5, 5.41) is 13.5. The first-order valence-electron chi connectivity index (χ1n) is 9.81. The Morgan fingerprint density at radius 1 is 1.23 bits per heavy atom. The van der Waals surface area contributed by atoms with E-state index in [1.54, 1.807) is 10.9 Å². The van der Waals surface area contributed by atoms with Crippen LogP contribution in [0.25, 0.3) is 0 Å². The Hall–Kier alpha value is -3.95. The molecule has 2 aromatic heterocycles. The molecule has 3 heterocycles. The van der Waals surface area contributed by atoms with Crippen molar-refractivity contribution in [3.05, 3.63) is 65.3 Å². The highest BCUT2D eigenvalue weighted by Crippen LogP contribution is 2.21. The summed E-state index contributed by atoms with van der Waals surface area (Å²) in [5.74, 6) is -0.124. The third kappa shape index (κ3) is 4.32. The van der Waals surface area contributed by atoms with Crippen LogP contribution in [0.1, 0.15) is 29.0 Å². The lowest BCUT2D eigenvalue weighted by Crippen LogP contribution is -2.36. The summed E-state index contributed by atoms with van der Waals surface area (Å²) in [4.78, 5) is 38.4. The minimum absolute atomic E-state index is 0.138. The number of hydrogen-bond acceptors (Lipinski definition) is 6. The molecule has 0 aliphatic carbocycles. The SMILES string of the molecule is Cc1noc(C)c1Cn1cc(N2C(=O)NC(CC(=O)NCc3ccccc3)C2=O)cn1. The second-order valence-electron chi connectivity index (χ2n) is 7.34. The highest BCUT2D eigenvalue weighted by atomic mass is 16.5. The van der Waals surface area contributed by atoms with Gasteiger partial charge in [-0.15, -0.1) is 0 Å². The summed E-state index contributed by atoms with van der Waals surface area (Å²) in [7, 11) is 0. The molecule has 1 aromatic carbocycles. The average molecular weight is 422 g/mol. The second-order valence-corrected chi connectivity index (χ2v) is 7.34. The van der Waals surface area contributed by atoms with E-state index in [-0.39, 0.29) is 12.3 Å². The van der Waals surface area contributed by atoms with Crippen molar-refractivity contribution in [2.45, 2.75) is 39.4 Å². The molecule has 4 amide bonds.